The summed E-state index contributed by atoms with van der Waals surface area (Å²) in [7, 11) is -0.537. The largest absolute Gasteiger partial charge is 0.497 e. The fourth-order valence-corrected chi connectivity index (χ4v) is 5.92. The van der Waals surface area contributed by atoms with Crippen LogP contribution in [0, 0.1) is 0 Å². The molecule has 0 aliphatic heterocycles. The summed E-state index contributed by atoms with van der Waals surface area (Å²) in [5.41, 5.74) is 2.18. The molecule has 0 fully saturated rings. The predicted octanol–water partition coefficient (Wildman–Crippen LogP) is 4.68. The molecule has 3 aromatic carbocycles. The summed E-state index contributed by atoms with van der Waals surface area (Å²) in [6, 6.07) is 21.1. The minimum absolute atomic E-state index is 0.127. The molecule has 4 rings (SSSR count). The second-order valence-electron chi connectivity index (χ2n) is 8.06. The number of ether oxygens (including phenoxy) is 1. The molecule has 182 valence electrons. The van der Waals surface area contributed by atoms with Crippen molar-refractivity contribution in [2.45, 2.75) is 31.3 Å². The maximum atomic E-state index is 13.0. The number of aromatic nitrogens is 1. The number of thiazole rings is 1. The maximum Gasteiger partial charge on any atom is 0.279 e. The maximum absolute atomic E-state index is 13.0. The summed E-state index contributed by atoms with van der Waals surface area (Å²) in [4.78, 5) is 18.0. The van der Waals surface area contributed by atoms with Gasteiger partial charge < -0.3 is 9.30 Å². The molecule has 0 spiro atoms. The van der Waals surface area contributed by atoms with Crippen molar-refractivity contribution in [2.75, 3.05) is 14.2 Å². The Morgan fingerprint density at radius 3 is 2.43 bits per heavy atom. The highest BCUT2D eigenvalue weighted by Gasteiger charge is 2.21. The first-order valence-corrected chi connectivity index (χ1v) is 13.5. The number of carbonyl (C=O) groups excluding carboxylic acids is 1. The molecular weight excluding hydrogens is 482 g/mol. The van der Waals surface area contributed by atoms with Crippen LogP contribution in [0.1, 0.15) is 29.3 Å². The number of fused-ring (bicyclic) bond motifs is 1. The average molecular weight is 510 g/mol. The van der Waals surface area contributed by atoms with Crippen LogP contribution < -0.4 is 9.54 Å². The van der Waals surface area contributed by atoms with Gasteiger partial charge in [-0.15, -0.1) is 0 Å². The Morgan fingerprint density at radius 2 is 1.77 bits per heavy atom. The quantitative estimate of drug-likeness (QED) is 0.345. The number of amides is 1. The molecule has 0 N–H and O–H groups in total. The van der Waals surface area contributed by atoms with Gasteiger partial charge in [0.25, 0.3) is 5.91 Å². The Balaban J connectivity index is 1.61. The van der Waals surface area contributed by atoms with Crippen LogP contribution in [0.4, 0.5) is 0 Å². The van der Waals surface area contributed by atoms with Crippen molar-refractivity contribution in [1.82, 2.24) is 8.87 Å². The summed E-state index contributed by atoms with van der Waals surface area (Å²) in [6.45, 7) is 3.04. The molecule has 0 aliphatic rings. The molecule has 1 amide bonds. The van der Waals surface area contributed by atoms with Crippen LogP contribution in [-0.4, -0.2) is 37.4 Å². The summed E-state index contributed by atoms with van der Waals surface area (Å²) in [6.07, 6.45) is 0.882. The molecule has 0 aliphatic carbocycles. The van der Waals surface area contributed by atoms with Crippen LogP contribution >= 0.6 is 11.3 Å². The number of methoxy groups -OCH3 is 1. The van der Waals surface area contributed by atoms with Crippen molar-refractivity contribution >= 4 is 37.5 Å². The van der Waals surface area contributed by atoms with E-state index in [9.17, 15) is 13.2 Å². The minimum atomic E-state index is -3.70. The number of aryl methyl sites for hydroxylation is 1. The number of nitrogens with zero attached hydrogens (tertiary/aromatic N) is 3. The Labute approximate surface area is 209 Å². The number of rotatable bonds is 8. The number of hydrogen-bond acceptors (Lipinski definition) is 5. The number of hydrogen-bond donors (Lipinski definition) is 0. The van der Waals surface area contributed by atoms with E-state index in [1.165, 1.54) is 39.9 Å². The molecule has 0 bridgehead atoms. The van der Waals surface area contributed by atoms with Gasteiger partial charge in [0.2, 0.25) is 10.0 Å². The topological polar surface area (TPSA) is 81.0 Å². The SMILES string of the molecule is CCCn1c(=NC(=O)c2ccc(S(=O)(=O)N(C)Cc3ccccc3)cc2)sc2ccc(OC)cc21. The van der Waals surface area contributed by atoms with E-state index in [0.717, 1.165) is 28.0 Å². The second-order valence-corrected chi connectivity index (χ2v) is 11.1. The lowest BCUT2D eigenvalue weighted by Crippen LogP contribution is -2.26. The van der Waals surface area contributed by atoms with Crippen LogP contribution in [0.5, 0.6) is 5.75 Å². The second kappa shape index (κ2) is 10.6. The van der Waals surface area contributed by atoms with Gasteiger partial charge in [0.05, 0.1) is 22.2 Å². The molecule has 4 aromatic rings. The highest BCUT2D eigenvalue weighted by atomic mass is 32.2. The van der Waals surface area contributed by atoms with E-state index in [2.05, 4.69) is 11.9 Å². The molecule has 35 heavy (non-hydrogen) atoms. The number of benzene rings is 3. The van der Waals surface area contributed by atoms with E-state index in [1.54, 1.807) is 14.2 Å². The smallest absolute Gasteiger partial charge is 0.279 e. The molecule has 0 saturated heterocycles. The van der Waals surface area contributed by atoms with Gasteiger partial charge in [0.1, 0.15) is 5.75 Å². The summed E-state index contributed by atoms with van der Waals surface area (Å²) in [5.74, 6) is 0.321. The summed E-state index contributed by atoms with van der Waals surface area (Å²) in [5, 5.41) is 0. The van der Waals surface area contributed by atoms with E-state index < -0.39 is 15.9 Å². The third-order valence-corrected chi connectivity index (χ3v) is 8.47. The number of sulfonamides is 1. The highest BCUT2D eigenvalue weighted by Crippen LogP contribution is 2.23. The fourth-order valence-electron chi connectivity index (χ4n) is 3.73. The standard InChI is InChI=1S/C26H27N3O4S2/c1-4-16-29-23-17-21(33-3)12-15-24(23)34-26(29)27-25(30)20-10-13-22(14-11-20)35(31,32)28(2)18-19-8-6-5-7-9-19/h5-15,17H,4,16,18H2,1-3H3. The Kier molecular flexibility index (Phi) is 7.49. The zero-order valence-electron chi connectivity index (χ0n) is 19.8. The van der Waals surface area contributed by atoms with Gasteiger partial charge in [0.15, 0.2) is 4.80 Å². The van der Waals surface area contributed by atoms with Gasteiger partial charge in [-0.05, 0) is 48.4 Å². The van der Waals surface area contributed by atoms with Crippen molar-refractivity contribution in [3.63, 3.8) is 0 Å². The van der Waals surface area contributed by atoms with Gasteiger partial charge in [-0.1, -0.05) is 48.6 Å². The first kappa shape index (κ1) is 24.8. The average Bonchev–Trinajstić information content (AvgIpc) is 3.20. The van der Waals surface area contributed by atoms with Crippen LogP contribution in [0.2, 0.25) is 0 Å². The van der Waals surface area contributed by atoms with Crippen LogP contribution in [0.25, 0.3) is 10.2 Å². The van der Waals surface area contributed by atoms with Crippen LogP contribution in [0.15, 0.2) is 82.7 Å². The molecule has 9 heteroatoms. The van der Waals surface area contributed by atoms with Crippen molar-refractivity contribution in [3.05, 3.63) is 88.7 Å². The van der Waals surface area contributed by atoms with Crippen LogP contribution in [0.3, 0.4) is 0 Å². The first-order valence-electron chi connectivity index (χ1n) is 11.2. The van der Waals surface area contributed by atoms with Gasteiger partial charge in [-0.2, -0.15) is 9.30 Å². The lowest BCUT2D eigenvalue weighted by atomic mass is 10.2. The van der Waals surface area contributed by atoms with Crippen molar-refractivity contribution in [2.24, 2.45) is 4.99 Å². The number of carbonyl (C=O) groups is 1. The lowest BCUT2D eigenvalue weighted by Gasteiger charge is -2.17. The van der Waals surface area contributed by atoms with Gasteiger partial charge in [-0.25, -0.2) is 8.42 Å². The van der Waals surface area contributed by atoms with Crippen LogP contribution in [-0.2, 0) is 23.1 Å². The zero-order chi connectivity index (χ0) is 25.0. The van der Waals surface area contributed by atoms with Gasteiger partial charge in [0, 0.05) is 31.8 Å². The Hall–Kier alpha value is -3.27. The van der Waals surface area contributed by atoms with Crippen molar-refractivity contribution in [1.29, 1.82) is 0 Å². The van der Waals surface area contributed by atoms with E-state index in [4.69, 9.17) is 4.74 Å². The first-order chi connectivity index (χ1) is 16.8. The zero-order valence-corrected chi connectivity index (χ0v) is 21.5. The summed E-state index contributed by atoms with van der Waals surface area (Å²) >= 11 is 1.44. The normalized spacial score (nSPS) is 12.4. The molecule has 7 nitrogen and oxygen atoms in total. The Bertz CT molecular complexity index is 1510. The van der Waals surface area contributed by atoms with Crippen molar-refractivity contribution < 1.29 is 17.9 Å². The van der Waals surface area contributed by atoms with E-state index in [-0.39, 0.29) is 11.4 Å². The molecule has 0 unspecified atom stereocenters. The molecule has 0 radical (unpaired) electrons. The van der Waals surface area contributed by atoms with E-state index >= 15 is 0 Å². The van der Waals surface area contributed by atoms with E-state index in [1.807, 2.05) is 53.1 Å². The van der Waals surface area contributed by atoms with Crippen molar-refractivity contribution in [3.8, 4) is 5.75 Å². The van der Waals surface area contributed by atoms with E-state index in [0.29, 0.717) is 16.9 Å². The molecule has 1 aromatic heterocycles. The predicted molar refractivity (Wildman–Crippen MR) is 138 cm³/mol. The molecule has 0 atom stereocenters. The van der Waals surface area contributed by atoms with Gasteiger partial charge in [-0.3, -0.25) is 4.79 Å². The third kappa shape index (κ3) is 5.37. The fraction of sp³-hybridized carbons (Fsp3) is 0.231. The molecule has 0 saturated carbocycles. The highest BCUT2D eigenvalue weighted by molar-refractivity contribution is 7.89. The lowest BCUT2D eigenvalue weighted by molar-refractivity contribution is 0.0997. The monoisotopic (exact) mass is 509 g/mol. The molecular formula is C26H27N3O4S2. The van der Waals surface area contributed by atoms with Gasteiger partial charge >= 0.3 is 0 Å². The summed E-state index contributed by atoms with van der Waals surface area (Å²) < 4.78 is 35.6. The third-order valence-electron chi connectivity index (χ3n) is 5.59. The minimum Gasteiger partial charge on any atom is -0.497 e. The molecule has 1 heterocycles. The Morgan fingerprint density at radius 1 is 1.06 bits per heavy atom.